The molecule has 1 saturated heterocycles. The van der Waals surface area contributed by atoms with Gasteiger partial charge < -0.3 is 15.5 Å². The van der Waals surface area contributed by atoms with Gasteiger partial charge >= 0.3 is 0 Å². The molecule has 0 radical (unpaired) electrons. The lowest BCUT2D eigenvalue weighted by molar-refractivity contribution is 0.346. The number of nitrogens with one attached hydrogen (secondary N) is 2. The van der Waals surface area contributed by atoms with Crippen LogP contribution in [0.3, 0.4) is 0 Å². The van der Waals surface area contributed by atoms with Gasteiger partial charge in [0.2, 0.25) is 10.0 Å². The summed E-state index contributed by atoms with van der Waals surface area (Å²) in [5.74, 6) is 0. The molecule has 1 aliphatic carbocycles. The maximum absolute atomic E-state index is 13.1. The van der Waals surface area contributed by atoms with Crippen LogP contribution in [0.5, 0.6) is 0 Å². The maximum atomic E-state index is 13.1. The van der Waals surface area contributed by atoms with E-state index in [1.165, 1.54) is 19.3 Å². The Labute approximate surface area is 174 Å². The molecule has 28 heavy (non-hydrogen) atoms. The summed E-state index contributed by atoms with van der Waals surface area (Å²) in [6.07, 6.45) is 8.96. The smallest absolute Gasteiger partial charge is 0.243 e. The van der Waals surface area contributed by atoms with Gasteiger partial charge in [-0.25, -0.2) is 8.42 Å². The van der Waals surface area contributed by atoms with E-state index in [1.807, 2.05) is 25.1 Å². The largest absolute Gasteiger partial charge is 0.376 e. The third-order valence-electron chi connectivity index (χ3n) is 5.59. The number of anilines is 2. The van der Waals surface area contributed by atoms with Gasteiger partial charge in [-0.05, 0) is 56.1 Å². The Morgan fingerprint density at radius 2 is 1.71 bits per heavy atom. The molecule has 3 rings (SSSR count). The average Bonchev–Trinajstić information content (AvgIpc) is 2.69. The fourth-order valence-corrected chi connectivity index (χ4v) is 5.83. The minimum Gasteiger partial charge on any atom is -0.376 e. The van der Waals surface area contributed by atoms with Gasteiger partial charge in [-0.1, -0.05) is 25.7 Å². The van der Waals surface area contributed by atoms with Crippen molar-refractivity contribution < 1.29 is 8.42 Å². The fraction of sp³-hybridized carbons (Fsp3) is 0.650. The predicted molar refractivity (Wildman–Crippen MR) is 120 cm³/mol. The van der Waals surface area contributed by atoms with Gasteiger partial charge in [0.15, 0.2) is 5.11 Å². The van der Waals surface area contributed by atoms with Gasteiger partial charge in [0.1, 0.15) is 0 Å². The zero-order valence-corrected chi connectivity index (χ0v) is 18.5. The summed E-state index contributed by atoms with van der Waals surface area (Å²) in [6.45, 7) is 1.20. The lowest BCUT2D eigenvalue weighted by Gasteiger charge is -2.27. The highest BCUT2D eigenvalue weighted by atomic mass is 32.2. The molecule has 0 spiro atoms. The van der Waals surface area contributed by atoms with E-state index in [9.17, 15) is 8.42 Å². The summed E-state index contributed by atoms with van der Waals surface area (Å²) in [7, 11) is 0.404. The molecule has 0 bridgehead atoms. The summed E-state index contributed by atoms with van der Waals surface area (Å²) in [4.78, 5) is 2.28. The second-order valence-electron chi connectivity index (χ2n) is 7.97. The van der Waals surface area contributed by atoms with Crippen molar-refractivity contribution in [3.63, 3.8) is 0 Å². The van der Waals surface area contributed by atoms with Crippen LogP contribution in [0.25, 0.3) is 0 Å². The van der Waals surface area contributed by atoms with Crippen molar-refractivity contribution in [2.75, 3.05) is 37.4 Å². The van der Waals surface area contributed by atoms with E-state index in [0.29, 0.717) is 29.1 Å². The number of benzene rings is 1. The van der Waals surface area contributed by atoms with E-state index >= 15 is 0 Å². The standard InChI is InChI=1S/C20H32N4O2S2/c1-23(2)19-12-11-17(28(25,26)24-13-7-4-8-14-24)15-18(19)22-20(27)21-16-9-5-3-6-10-16/h11-12,15-16H,3-10,13-14H2,1-2H3,(H2,21,22,27). The first-order chi connectivity index (χ1) is 13.4. The molecule has 6 nitrogen and oxygen atoms in total. The van der Waals surface area contributed by atoms with Crippen LogP contribution in [0.2, 0.25) is 0 Å². The Morgan fingerprint density at radius 3 is 2.36 bits per heavy atom. The number of hydrogen-bond acceptors (Lipinski definition) is 4. The Hall–Kier alpha value is -1.38. The molecule has 1 aromatic rings. The summed E-state index contributed by atoms with van der Waals surface area (Å²) in [6, 6.07) is 5.66. The zero-order valence-electron chi connectivity index (χ0n) is 16.9. The predicted octanol–water partition coefficient (Wildman–Crippen LogP) is 3.55. The Balaban J connectivity index is 1.80. The number of nitrogens with zero attached hydrogens (tertiary/aromatic N) is 2. The Bertz CT molecular complexity index is 783. The second kappa shape index (κ2) is 9.41. The average molecular weight is 425 g/mol. The Morgan fingerprint density at radius 1 is 1.07 bits per heavy atom. The highest BCUT2D eigenvalue weighted by molar-refractivity contribution is 7.89. The lowest BCUT2D eigenvalue weighted by atomic mass is 9.96. The molecular formula is C20H32N4O2S2. The molecule has 1 aromatic carbocycles. The van der Waals surface area contributed by atoms with E-state index in [4.69, 9.17) is 12.2 Å². The summed E-state index contributed by atoms with van der Waals surface area (Å²) in [5, 5.41) is 7.21. The minimum atomic E-state index is -3.48. The highest BCUT2D eigenvalue weighted by Crippen LogP contribution is 2.30. The molecule has 8 heteroatoms. The van der Waals surface area contributed by atoms with Crippen LogP contribution in [-0.2, 0) is 10.0 Å². The number of rotatable bonds is 5. The molecule has 0 amide bonds. The summed E-state index contributed by atoms with van der Waals surface area (Å²) in [5.41, 5.74) is 1.63. The van der Waals surface area contributed by atoms with Gasteiger partial charge in [-0.15, -0.1) is 0 Å². The SMILES string of the molecule is CN(C)c1ccc(S(=O)(=O)N2CCCCC2)cc1NC(=S)NC1CCCCC1. The van der Waals surface area contributed by atoms with Crippen molar-refractivity contribution in [1.29, 1.82) is 0 Å². The molecule has 2 aliphatic rings. The third kappa shape index (κ3) is 5.15. The van der Waals surface area contributed by atoms with Gasteiger partial charge in [0, 0.05) is 33.2 Å². The van der Waals surface area contributed by atoms with E-state index < -0.39 is 10.0 Å². The molecule has 1 aliphatic heterocycles. The minimum absolute atomic E-state index is 0.322. The maximum Gasteiger partial charge on any atom is 0.243 e. The van der Waals surface area contributed by atoms with E-state index in [0.717, 1.165) is 43.5 Å². The number of sulfonamides is 1. The monoisotopic (exact) mass is 424 g/mol. The van der Waals surface area contributed by atoms with E-state index in [-0.39, 0.29) is 0 Å². The summed E-state index contributed by atoms with van der Waals surface area (Å²) >= 11 is 5.52. The van der Waals surface area contributed by atoms with Crippen LogP contribution in [-0.4, -0.2) is 51.1 Å². The molecule has 0 unspecified atom stereocenters. The molecule has 0 aromatic heterocycles. The molecule has 156 valence electrons. The molecular weight excluding hydrogens is 392 g/mol. The van der Waals surface area contributed by atoms with Crippen molar-refractivity contribution in [1.82, 2.24) is 9.62 Å². The van der Waals surface area contributed by atoms with Gasteiger partial charge in [0.05, 0.1) is 16.3 Å². The van der Waals surface area contributed by atoms with Crippen molar-refractivity contribution in [3.8, 4) is 0 Å². The van der Waals surface area contributed by atoms with Crippen molar-refractivity contribution in [2.45, 2.75) is 62.3 Å². The van der Waals surface area contributed by atoms with Crippen LogP contribution in [0, 0.1) is 0 Å². The Kier molecular flexibility index (Phi) is 7.17. The van der Waals surface area contributed by atoms with E-state index in [1.54, 1.807) is 16.4 Å². The second-order valence-corrected chi connectivity index (χ2v) is 10.3. The molecule has 2 fully saturated rings. The first-order valence-corrected chi connectivity index (χ1v) is 12.1. The number of piperidine rings is 1. The normalized spacial score (nSPS) is 19.2. The highest BCUT2D eigenvalue weighted by Gasteiger charge is 2.27. The van der Waals surface area contributed by atoms with Crippen LogP contribution < -0.4 is 15.5 Å². The molecule has 2 N–H and O–H groups in total. The third-order valence-corrected chi connectivity index (χ3v) is 7.71. The van der Waals surface area contributed by atoms with Crippen LogP contribution >= 0.6 is 12.2 Å². The van der Waals surface area contributed by atoms with Crippen LogP contribution in [0.1, 0.15) is 51.4 Å². The van der Waals surface area contributed by atoms with Gasteiger partial charge in [-0.2, -0.15) is 4.31 Å². The molecule has 0 atom stereocenters. The first-order valence-electron chi connectivity index (χ1n) is 10.3. The van der Waals surface area contributed by atoms with E-state index in [2.05, 4.69) is 10.6 Å². The lowest BCUT2D eigenvalue weighted by Crippen LogP contribution is -2.39. The molecule has 1 saturated carbocycles. The van der Waals surface area contributed by atoms with Crippen molar-refractivity contribution >= 4 is 38.7 Å². The van der Waals surface area contributed by atoms with Gasteiger partial charge in [-0.3, -0.25) is 0 Å². The summed E-state index contributed by atoms with van der Waals surface area (Å²) < 4.78 is 27.7. The van der Waals surface area contributed by atoms with Crippen molar-refractivity contribution in [3.05, 3.63) is 18.2 Å². The number of hydrogen-bond donors (Lipinski definition) is 2. The topological polar surface area (TPSA) is 64.7 Å². The molecule has 1 heterocycles. The quantitative estimate of drug-likeness (QED) is 0.705. The van der Waals surface area contributed by atoms with Gasteiger partial charge in [0.25, 0.3) is 0 Å². The van der Waals surface area contributed by atoms with Crippen molar-refractivity contribution in [2.24, 2.45) is 0 Å². The first kappa shape index (κ1) is 21.3. The zero-order chi connectivity index (χ0) is 20.1. The fourth-order valence-electron chi connectivity index (χ4n) is 4.01. The van der Waals surface area contributed by atoms with Crippen LogP contribution in [0.15, 0.2) is 23.1 Å². The van der Waals surface area contributed by atoms with Crippen LogP contribution in [0.4, 0.5) is 11.4 Å². The number of thiocarbonyl (C=S) groups is 1.